The maximum Gasteiger partial charge on any atom is 0.0823 e. The Labute approximate surface area is 145 Å². The molecule has 0 amide bonds. The van der Waals surface area contributed by atoms with Crippen LogP contribution in [0, 0.1) is 35.5 Å². The Morgan fingerprint density at radius 2 is 1.48 bits per heavy atom. The highest BCUT2D eigenvalue weighted by molar-refractivity contribution is 5.03. The van der Waals surface area contributed by atoms with Crippen LogP contribution >= 0.6 is 0 Å². The molecule has 4 fully saturated rings. The molecule has 0 spiro atoms. The predicted molar refractivity (Wildman–Crippen MR) is 99.3 cm³/mol. The molecule has 0 aromatic heterocycles. The third-order valence-electron chi connectivity index (χ3n) is 8.23. The van der Waals surface area contributed by atoms with Gasteiger partial charge < -0.3 is 9.38 Å². The lowest BCUT2D eigenvalue weighted by Crippen LogP contribution is -2.53. The van der Waals surface area contributed by atoms with Crippen molar-refractivity contribution in [2.75, 3.05) is 46.3 Å². The molecule has 0 aromatic carbocycles. The Morgan fingerprint density at radius 3 is 1.96 bits per heavy atom. The van der Waals surface area contributed by atoms with Crippen molar-refractivity contribution < 1.29 is 4.48 Å². The highest BCUT2D eigenvalue weighted by Crippen LogP contribution is 2.59. The number of likely N-dealkylation sites (tertiary alicyclic amines) is 1. The van der Waals surface area contributed by atoms with Gasteiger partial charge in [0.2, 0.25) is 0 Å². The third-order valence-corrected chi connectivity index (χ3v) is 8.23. The SMILES string of the molecule is CCC[N+]1(CC)CC2C3CCC(C(CN(C)CC)C3CC)C2C1. The van der Waals surface area contributed by atoms with Crippen LogP contribution < -0.4 is 0 Å². The van der Waals surface area contributed by atoms with Crippen LogP contribution in [-0.2, 0) is 0 Å². The molecule has 0 radical (unpaired) electrons. The van der Waals surface area contributed by atoms with Gasteiger partial charge in [-0.15, -0.1) is 0 Å². The van der Waals surface area contributed by atoms with E-state index in [-0.39, 0.29) is 0 Å². The van der Waals surface area contributed by atoms with Crippen LogP contribution in [0.25, 0.3) is 0 Å². The van der Waals surface area contributed by atoms with E-state index in [0.29, 0.717) is 0 Å². The molecule has 23 heavy (non-hydrogen) atoms. The average molecular weight is 322 g/mol. The van der Waals surface area contributed by atoms with E-state index in [9.17, 15) is 0 Å². The number of hydrogen-bond acceptors (Lipinski definition) is 1. The van der Waals surface area contributed by atoms with Gasteiger partial charge in [-0.1, -0.05) is 27.2 Å². The van der Waals surface area contributed by atoms with E-state index in [2.05, 4.69) is 39.6 Å². The second-order valence-corrected chi connectivity index (χ2v) is 9.07. The summed E-state index contributed by atoms with van der Waals surface area (Å²) in [6.07, 6.45) is 5.88. The standard InChI is InChI=1S/C21H41N2/c1-6-12-23(9-4)14-20-17-10-11-18(21(20)15-23)19(16(17)7-2)13-22(5)8-3/h16-21H,6-15H2,1-5H3/q+1. The molecule has 4 rings (SSSR count). The number of hydrogen-bond donors (Lipinski definition) is 0. The first-order chi connectivity index (χ1) is 11.1. The molecule has 2 nitrogen and oxygen atoms in total. The zero-order valence-electron chi connectivity index (χ0n) is 16.4. The summed E-state index contributed by atoms with van der Waals surface area (Å²) in [6, 6.07) is 0. The zero-order chi connectivity index (χ0) is 16.6. The fraction of sp³-hybridized carbons (Fsp3) is 1.00. The summed E-state index contributed by atoms with van der Waals surface area (Å²) < 4.78 is 1.45. The molecule has 1 heterocycles. The van der Waals surface area contributed by atoms with Crippen molar-refractivity contribution in [1.29, 1.82) is 0 Å². The van der Waals surface area contributed by atoms with Crippen molar-refractivity contribution in [3.05, 3.63) is 0 Å². The Hall–Kier alpha value is -0.0800. The van der Waals surface area contributed by atoms with Crippen molar-refractivity contribution in [3.8, 4) is 0 Å². The molecule has 1 aliphatic heterocycles. The second kappa shape index (κ2) is 7.04. The largest absolute Gasteiger partial charge is 0.323 e. The number of nitrogens with zero attached hydrogens (tertiary/aromatic N) is 2. The van der Waals surface area contributed by atoms with Gasteiger partial charge >= 0.3 is 0 Å². The van der Waals surface area contributed by atoms with Crippen LogP contribution in [0.4, 0.5) is 0 Å². The minimum atomic E-state index is 0.989. The van der Waals surface area contributed by atoms with E-state index in [1.54, 1.807) is 12.8 Å². The highest BCUT2D eigenvalue weighted by Gasteiger charge is 2.59. The van der Waals surface area contributed by atoms with Crippen LogP contribution in [0.3, 0.4) is 0 Å². The zero-order valence-corrected chi connectivity index (χ0v) is 16.4. The van der Waals surface area contributed by atoms with Crippen LogP contribution in [-0.4, -0.2) is 55.7 Å². The number of rotatable bonds is 7. The molecule has 3 aliphatic carbocycles. The molecule has 4 aliphatic rings. The van der Waals surface area contributed by atoms with Gasteiger partial charge in [0.25, 0.3) is 0 Å². The Morgan fingerprint density at radius 1 is 0.870 bits per heavy atom. The van der Waals surface area contributed by atoms with E-state index >= 15 is 0 Å². The summed E-state index contributed by atoms with van der Waals surface area (Å²) in [5.41, 5.74) is 0. The second-order valence-electron chi connectivity index (χ2n) is 9.07. The first-order valence-corrected chi connectivity index (χ1v) is 10.6. The van der Waals surface area contributed by atoms with Crippen LogP contribution in [0.2, 0.25) is 0 Å². The first-order valence-electron chi connectivity index (χ1n) is 10.6. The summed E-state index contributed by atoms with van der Waals surface area (Å²) in [5, 5.41) is 0. The fourth-order valence-electron chi connectivity index (χ4n) is 7.10. The fourth-order valence-corrected chi connectivity index (χ4v) is 7.10. The Balaban J connectivity index is 1.82. The maximum atomic E-state index is 2.59. The van der Waals surface area contributed by atoms with Gasteiger partial charge in [0.15, 0.2) is 0 Å². The maximum absolute atomic E-state index is 2.59. The Bertz CT molecular complexity index is 395. The molecular formula is C21H41N2+. The summed E-state index contributed by atoms with van der Waals surface area (Å²) in [4.78, 5) is 2.59. The molecule has 134 valence electrons. The summed E-state index contributed by atoms with van der Waals surface area (Å²) in [6.45, 7) is 18.0. The van der Waals surface area contributed by atoms with Gasteiger partial charge in [-0.25, -0.2) is 0 Å². The smallest absolute Gasteiger partial charge is 0.0823 e. The van der Waals surface area contributed by atoms with Gasteiger partial charge in [-0.2, -0.15) is 0 Å². The minimum absolute atomic E-state index is 0.989. The molecule has 2 bridgehead atoms. The molecule has 7 atom stereocenters. The topological polar surface area (TPSA) is 3.24 Å². The van der Waals surface area contributed by atoms with E-state index in [4.69, 9.17) is 0 Å². The van der Waals surface area contributed by atoms with Crippen molar-refractivity contribution >= 4 is 0 Å². The van der Waals surface area contributed by atoms with Gasteiger partial charge in [-0.3, -0.25) is 0 Å². The van der Waals surface area contributed by atoms with Crippen LogP contribution in [0.15, 0.2) is 0 Å². The lowest BCUT2D eigenvalue weighted by molar-refractivity contribution is -0.918. The summed E-state index contributed by atoms with van der Waals surface area (Å²) in [5.74, 6) is 6.21. The van der Waals surface area contributed by atoms with Crippen molar-refractivity contribution in [3.63, 3.8) is 0 Å². The van der Waals surface area contributed by atoms with E-state index < -0.39 is 0 Å². The van der Waals surface area contributed by atoms with Crippen molar-refractivity contribution in [2.45, 2.75) is 53.4 Å². The molecule has 2 heteroatoms. The van der Waals surface area contributed by atoms with Gasteiger partial charge in [0.1, 0.15) is 0 Å². The third kappa shape index (κ3) is 2.99. The highest BCUT2D eigenvalue weighted by atomic mass is 15.4. The Kier molecular flexibility index (Phi) is 5.43. The average Bonchev–Trinajstić information content (AvgIpc) is 2.96. The number of fused-ring (bicyclic) bond motifs is 2. The number of quaternary nitrogens is 1. The summed E-state index contributed by atoms with van der Waals surface area (Å²) in [7, 11) is 2.34. The summed E-state index contributed by atoms with van der Waals surface area (Å²) >= 11 is 0. The minimum Gasteiger partial charge on any atom is -0.323 e. The molecule has 0 aromatic rings. The molecular weight excluding hydrogens is 280 g/mol. The van der Waals surface area contributed by atoms with Crippen molar-refractivity contribution in [2.24, 2.45) is 35.5 Å². The molecule has 0 N–H and O–H groups in total. The molecule has 1 saturated heterocycles. The lowest BCUT2D eigenvalue weighted by atomic mass is 9.50. The van der Waals surface area contributed by atoms with Crippen LogP contribution in [0.5, 0.6) is 0 Å². The van der Waals surface area contributed by atoms with E-state index in [1.165, 1.54) is 56.6 Å². The van der Waals surface area contributed by atoms with Gasteiger partial charge in [0.05, 0.1) is 26.2 Å². The van der Waals surface area contributed by atoms with Crippen LogP contribution in [0.1, 0.15) is 53.4 Å². The lowest BCUT2D eigenvalue weighted by Gasteiger charge is -2.54. The predicted octanol–water partition coefficient (Wildman–Crippen LogP) is 4.11. The normalized spacial score (nSPS) is 45.7. The van der Waals surface area contributed by atoms with E-state index in [0.717, 1.165) is 35.5 Å². The van der Waals surface area contributed by atoms with Gasteiger partial charge in [0, 0.05) is 18.4 Å². The molecule has 3 saturated carbocycles. The van der Waals surface area contributed by atoms with E-state index in [1.807, 2.05) is 0 Å². The molecule has 7 unspecified atom stereocenters. The quantitative estimate of drug-likeness (QED) is 0.638. The monoisotopic (exact) mass is 321 g/mol. The van der Waals surface area contributed by atoms with Gasteiger partial charge in [-0.05, 0) is 63.5 Å². The van der Waals surface area contributed by atoms with Crippen molar-refractivity contribution in [1.82, 2.24) is 4.90 Å². The first kappa shape index (κ1) is 17.7.